The molecule has 1 N–H and O–H groups in total. The van der Waals surface area contributed by atoms with E-state index < -0.39 is 21.8 Å². The first-order chi connectivity index (χ1) is 16.0. The fourth-order valence-corrected chi connectivity index (χ4v) is 8.91. The first-order valence-corrected chi connectivity index (χ1v) is 14.0. The average Bonchev–Trinajstić information content (AvgIpc) is 2.92. The number of carbonyl (C=O) groups is 1. The minimum Gasteiger partial charge on any atom is -0.351 e. The van der Waals surface area contributed by atoms with Crippen molar-refractivity contribution in [1.82, 2.24) is 9.62 Å². The number of rotatable bonds is 5. The van der Waals surface area contributed by atoms with Crippen LogP contribution in [0.4, 0.5) is 13.2 Å². The molecule has 5 nitrogen and oxygen atoms in total. The molecule has 1 aromatic rings. The van der Waals surface area contributed by atoms with Crippen LogP contribution >= 0.6 is 0 Å². The van der Waals surface area contributed by atoms with Crippen molar-refractivity contribution >= 4 is 15.9 Å². The zero-order chi connectivity index (χ0) is 24.1. The molecule has 0 spiro atoms. The number of benzene rings is 1. The van der Waals surface area contributed by atoms with Crippen molar-refractivity contribution in [2.45, 2.75) is 80.8 Å². The van der Waals surface area contributed by atoms with Gasteiger partial charge < -0.3 is 5.32 Å². The van der Waals surface area contributed by atoms with Crippen molar-refractivity contribution < 1.29 is 26.4 Å². The van der Waals surface area contributed by atoms with Gasteiger partial charge in [-0.15, -0.1) is 0 Å². The van der Waals surface area contributed by atoms with E-state index in [1.807, 2.05) is 0 Å². The van der Waals surface area contributed by atoms with Crippen LogP contribution in [0, 0.1) is 23.7 Å². The Kier molecular flexibility index (Phi) is 6.24. The average molecular weight is 499 g/mol. The molecular weight excluding hydrogens is 465 g/mol. The van der Waals surface area contributed by atoms with Crippen molar-refractivity contribution in [3.8, 4) is 0 Å². The summed E-state index contributed by atoms with van der Waals surface area (Å²) < 4.78 is 66.7. The molecule has 0 aromatic heterocycles. The summed E-state index contributed by atoms with van der Waals surface area (Å²) in [6, 6.07) is 3.89. The van der Waals surface area contributed by atoms with E-state index in [1.165, 1.54) is 36.1 Å². The maximum absolute atomic E-state index is 13.1. The Morgan fingerprint density at radius 3 is 2.68 bits per heavy atom. The van der Waals surface area contributed by atoms with Crippen LogP contribution in [-0.4, -0.2) is 37.3 Å². The Labute approximate surface area is 199 Å². The second kappa shape index (κ2) is 8.80. The quantitative estimate of drug-likeness (QED) is 0.623. The van der Waals surface area contributed by atoms with E-state index in [2.05, 4.69) is 5.32 Å². The Bertz CT molecular complexity index is 1040. The maximum Gasteiger partial charge on any atom is 0.416 e. The van der Waals surface area contributed by atoms with Gasteiger partial charge in [0.05, 0.1) is 10.5 Å². The van der Waals surface area contributed by atoms with E-state index in [-0.39, 0.29) is 41.8 Å². The maximum atomic E-state index is 13.1. The first-order valence-electron chi connectivity index (χ1n) is 12.5. The summed E-state index contributed by atoms with van der Waals surface area (Å²) in [6.45, 7) is 0.415. The SMILES string of the molecule is O=C(CC1CCCN(S(=O)(=O)c2cccc(C(F)(F)F)c2)C1)N[C@@]12CC3CCCC(C1)C(C3)C2. The van der Waals surface area contributed by atoms with Gasteiger partial charge in [-0.05, 0) is 80.4 Å². The zero-order valence-corrected chi connectivity index (χ0v) is 20.1. The predicted molar refractivity (Wildman–Crippen MR) is 121 cm³/mol. The number of halogens is 3. The van der Waals surface area contributed by atoms with E-state index in [1.54, 1.807) is 0 Å². The molecule has 188 valence electrons. The van der Waals surface area contributed by atoms with Gasteiger partial charge in [0.1, 0.15) is 0 Å². The number of nitrogens with one attached hydrogen (secondary N) is 1. The van der Waals surface area contributed by atoms with Crippen LogP contribution in [0.2, 0.25) is 0 Å². The molecule has 3 aliphatic carbocycles. The van der Waals surface area contributed by atoms with Crippen LogP contribution in [0.3, 0.4) is 0 Å². The van der Waals surface area contributed by atoms with E-state index in [0.29, 0.717) is 18.4 Å². The zero-order valence-electron chi connectivity index (χ0n) is 19.3. The van der Waals surface area contributed by atoms with Crippen molar-refractivity contribution in [1.29, 1.82) is 0 Å². The molecule has 3 bridgehead atoms. The van der Waals surface area contributed by atoms with Gasteiger partial charge >= 0.3 is 6.18 Å². The number of amides is 1. The Balaban J connectivity index is 1.23. The number of sulfonamides is 1. The minimum absolute atomic E-state index is 0.0102. The molecule has 4 unspecified atom stereocenters. The van der Waals surface area contributed by atoms with Gasteiger partial charge in [-0.2, -0.15) is 17.5 Å². The predicted octanol–water partition coefficient (Wildman–Crippen LogP) is 4.97. The van der Waals surface area contributed by atoms with Crippen LogP contribution in [0.15, 0.2) is 29.2 Å². The lowest BCUT2D eigenvalue weighted by molar-refractivity contribution is -0.137. The fourth-order valence-electron chi connectivity index (χ4n) is 7.31. The minimum atomic E-state index is -4.61. The summed E-state index contributed by atoms with van der Waals surface area (Å²) in [5, 5.41) is 3.38. The number of carbonyl (C=O) groups excluding carboxylic acids is 1. The van der Waals surface area contributed by atoms with Crippen LogP contribution in [0.5, 0.6) is 0 Å². The highest BCUT2D eigenvalue weighted by atomic mass is 32.2. The highest BCUT2D eigenvalue weighted by Crippen LogP contribution is 2.55. The van der Waals surface area contributed by atoms with Gasteiger partial charge in [-0.1, -0.05) is 25.3 Å². The van der Waals surface area contributed by atoms with Gasteiger partial charge in [-0.25, -0.2) is 8.42 Å². The van der Waals surface area contributed by atoms with Crippen molar-refractivity contribution in [2.75, 3.05) is 13.1 Å². The molecule has 1 aliphatic heterocycles. The fraction of sp³-hybridized carbons (Fsp3) is 0.720. The molecule has 5 atom stereocenters. The number of hydrogen-bond acceptors (Lipinski definition) is 3. The molecule has 3 saturated carbocycles. The van der Waals surface area contributed by atoms with Crippen LogP contribution < -0.4 is 5.32 Å². The summed E-state index contributed by atoms with van der Waals surface area (Å²) in [4.78, 5) is 12.7. The second-order valence-electron chi connectivity index (χ2n) is 11.1. The third-order valence-electron chi connectivity index (χ3n) is 8.63. The van der Waals surface area contributed by atoms with Crippen LogP contribution in [0.25, 0.3) is 0 Å². The largest absolute Gasteiger partial charge is 0.416 e. The molecule has 5 rings (SSSR count). The van der Waals surface area contributed by atoms with Crippen LogP contribution in [-0.2, 0) is 21.0 Å². The van der Waals surface area contributed by atoms with Gasteiger partial charge in [0.15, 0.2) is 0 Å². The van der Waals surface area contributed by atoms with Gasteiger partial charge in [0.25, 0.3) is 0 Å². The molecule has 0 radical (unpaired) electrons. The van der Waals surface area contributed by atoms with Crippen molar-refractivity contribution in [2.24, 2.45) is 23.7 Å². The standard InChI is InChI=1S/C25H33F3N2O3S/c26-25(27,28)21-7-2-8-22(12-21)34(32,33)30-9-3-5-18(16-30)11-23(31)29-24-13-17-4-1-6-19(14-24)20(10-17)15-24/h2,7-8,12,17-20H,1,3-6,9-11,13-16H2,(H,29,31)/t17?,18?,19?,20?,24-/m0/s1. The number of hydrogen-bond donors (Lipinski definition) is 1. The molecular formula is C25H33F3N2O3S. The monoisotopic (exact) mass is 498 g/mol. The highest BCUT2D eigenvalue weighted by Gasteiger charge is 2.52. The smallest absolute Gasteiger partial charge is 0.351 e. The lowest BCUT2D eigenvalue weighted by Crippen LogP contribution is -2.50. The number of nitrogens with zero attached hydrogens (tertiary/aromatic N) is 1. The lowest BCUT2D eigenvalue weighted by atomic mass is 9.75. The molecule has 1 aromatic carbocycles. The Morgan fingerprint density at radius 2 is 1.88 bits per heavy atom. The number of alkyl halides is 3. The number of piperidine rings is 1. The number of fused-ring (bicyclic) bond motifs is 2. The third kappa shape index (κ3) is 4.74. The van der Waals surface area contributed by atoms with Crippen molar-refractivity contribution in [3.05, 3.63) is 29.8 Å². The van der Waals surface area contributed by atoms with Crippen molar-refractivity contribution in [3.63, 3.8) is 0 Å². The normalized spacial score (nSPS) is 34.1. The molecule has 4 fully saturated rings. The summed E-state index contributed by atoms with van der Waals surface area (Å²) in [5.74, 6) is 2.00. The molecule has 9 heteroatoms. The summed E-state index contributed by atoms with van der Waals surface area (Å²) in [7, 11) is -4.06. The van der Waals surface area contributed by atoms with Gasteiger partial charge in [0.2, 0.25) is 15.9 Å². The van der Waals surface area contributed by atoms with Gasteiger partial charge in [0, 0.05) is 25.0 Å². The molecule has 34 heavy (non-hydrogen) atoms. The molecule has 1 saturated heterocycles. The Hall–Kier alpha value is -1.61. The third-order valence-corrected chi connectivity index (χ3v) is 10.5. The molecule has 1 amide bonds. The molecule has 4 aliphatic rings. The van der Waals surface area contributed by atoms with E-state index >= 15 is 0 Å². The first kappa shape index (κ1) is 24.1. The second-order valence-corrected chi connectivity index (χ2v) is 13.0. The van der Waals surface area contributed by atoms with Gasteiger partial charge in [-0.3, -0.25) is 4.79 Å². The summed E-state index contributed by atoms with van der Waals surface area (Å²) >= 11 is 0. The van der Waals surface area contributed by atoms with Crippen LogP contribution in [0.1, 0.15) is 69.8 Å². The summed E-state index contributed by atoms with van der Waals surface area (Å²) in [5.41, 5.74) is -1.07. The highest BCUT2D eigenvalue weighted by molar-refractivity contribution is 7.89. The topological polar surface area (TPSA) is 66.5 Å². The van der Waals surface area contributed by atoms with E-state index in [0.717, 1.165) is 49.7 Å². The molecule has 1 heterocycles. The van der Waals surface area contributed by atoms with E-state index in [9.17, 15) is 26.4 Å². The lowest BCUT2D eigenvalue weighted by Gasteiger charge is -2.39. The van der Waals surface area contributed by atoms with E-state index in [4.69, 9.17) is 0 Å². The Morgan fingerprint density at radius 1 is 1.09 bits per heavy atom. The summed E-state index contributed by atoms with van der Waals surface area (Å²) in [6.07, 6.45) is 5.31.